The zero-order valence-corrected chi connectivity index (χ0v) is 17.2. The molecule has 0 atom stereocenters. The maximum absolute atomic E-state index is 13.7. The molecule has 1 N–H and O–H groups in total. The molecular weight excluding hydrogens is 400 g/mol. The van der Waals surface area contributed by atoms with Gasteiger partial charge in [-0.2, -0.15) is 0 Å². The molecule has 1 fully saturated rings. The van der Waals surface area contributed by atoms with Crippen molar-refractivity contribution in [1.29, 1.82) is 0 Å². The molecule has 168 valence electrons. The minimum Gasteiger partial charge on any atom is -0.382 e. The fourth-order valence-corrected chi connectivity index (χ4v) is 2.98. The van der Waals surface area contributed by atoms with Gasteiger partial charge in [0, 0.05) is 39.4 Å². The molecule has 0 unspecified atom stereocenters. The van der Waals surface area contributed by atoms with Crippen LogP contribution < -0.4 is 5.32 Å². The lowest BCUT2D eigenvalue weighted by Crippen LogP contribution is -2.39. The predicted molar refractivity (Wildman–Crippen MR) is 106 cm³/mol. The standard InChI is InChI=1S/C20H29F2N3O5/c1-28-9-10-29-11-12-30-15-20(27)25-6-2-5-24(7-8-25)14-19(26)23-18-4-3-16(21)13-17(18)22/h3-4,13H,2,5-12,14-15H2,1H3,(H,23,26). The number of halogens is 2. The molecule has 30 heavy (non-hydrogen) atoms. The summed E-state index contributed by atoms with van der Waals surface area (Å²) in [6.07, 6.45) is 0.712. The molecule has 0 radical (unpaired) electrons. The molecule has 0 spiro atoms. The van der Waals surface area contributed by atoms with Crippen LogP contribution in [0.2, 0.25) is 0 Å². The van der Waals surface area contributed by atoms with Crippen molar-refractivity contribution in [2.24, 2.45) is 0 Å². The first-order valence-corrected chi connectivity index (χ1v) is 9.89. The highest BCUT2D eigenvalue weighted by atomic mass is 19.1. The number of anilines is 1. The van der Waals surface area contributed by atoms with Crippen LogP contribution in [0.25, 0.3) is 0 Å². The Morgan fingerprint density at radius 2 is 1.80 bits per heavy atom. The third-order valence-electron chi connectivity index (χ3n) is 4.54. The summed E-state index contributed by atoms with van der Waals surface area (Å²) in [5.74, 6) is -2.02. The zero-order chi connectivity index (χ0) is 21.8. The van der Waals surface area contributed by atoms with Gasteiger partial charge in [-0.1, -0.05) is 0 Å². The lowest BCUT2D eigenvalue weighted by molar-refractivity contribution is -0.136. The summed E-state index contributed by atoms with van der Waals surface area (Å²) in [5, 5.41) is 2.45. The van der Waals surface area contributed by atoms with Gasteiger partial charge < -0.3 is 24.4 Å². The van der Waals surface area contributed by atoms with E-state index in [1.54, 1.807) is 12.0 Å². The molecule has 0 bridgehead atoms. The van der Waals surface area contributed by atoms with Gasteiger partial charge in [0.15, 0.2) is 0 Å². The number of rotatable bonds is 11. The van der Waals surface area contributed by atoms with Crippen molar-refractivity contribution >= 4 is 17.5 Å². The van der Waals surface area contributed by atoms with E-state index in [2.05, 4.69) is 5.32 Å². The fourth-order valence-electron chi connectivity index (χ4n) is 2.98. The molecule has 1 aromatic rings. The van der Waals surface area contributed by atoms with Crippen molar-refractivity contribution < 1.29 is 32.6 Å². The Bertz CT molecular complexity index is 692. The third kappa shape index (κ3) is 8.70. The zero-order valence-electron chi connectivity index (χ0n) is 17.2. The van der Waals surface area contributed by atoms with E-state index in [0.717, 1.165) is 12.1 Å². The van der Waals surface area contributed by atoms with Crippen LogP contribution in [0.15, 0.2) is 18.2 Å². The van der Waals surface area contributed by atoms with Crippen LogP contribution in [-0.4, -0.2) is 94.5 Å². The van der Waals surface area contributed by atoms with Gasteiger partial charge in [-0.05, 0) is 18.6 Å². The smallest absolute Gasteiger partial charge is 0.248 e. The van der Waals surface area contributed by atoms with Gasteiger partial charge in [0.05, 0.1) is 38.7 Å². The molecule has 8 nitrogen and oxygen atoms in total. The minimum absolute atomic E-state index is 0.0159. The molecule has 1 saturated heterocycles. The SMILES string of the molecule is COCCOCCOCC(=O)N1CCCN(CC(=O)Nc2ccc(F)cc2F)CC1. The normalized spacial score (nSPS) is 15.1. The van der Waals surface area contributed by atoms with Crippen molar-refractivity contribution in [2.45, 2.75) is 6.42 Å². The Balaban J connectivity index is 1.67. The van der Waals surface area contributed by atoms with E-state index in [1.807, 2.05) is 4.90 Å². The second kappa shape index (κ2) is 13.2. The van der Waals surface area contributed by atoms with Crippen molar-refractivity contribution in [3.05, 3.63) is 29.8 Å². The van der Waals surface area contributed by atoms with E-state index < -0.39 is 17.5 Å². The van der Waals surface area contributed by atoms with E-state index in [4.69, 9.17) is 14.2 Å². The average Bonchev–Trinajstić information content (AvgIpc) is 2.95. The van der Waals surface area contributed by atoms with E-state index in [1.165, 1.54) is 6.07 Å². The van der Waals surface area contributed by atoms with Gasteiger partial charge in [-0.3, -0.25) is 14.5 Å². The third-order valence-corrected chi connectivity index (χ3v) is 4.54. The molecule has 10 heteroatoms. The minimum atomic E-state index is -0.819. The number of benzene rings is 1. The first kappa shape index (κ1) is 24.1. The number of amides is 2. The average molecular weight is 429 g/mol. The van der Waals surface area contributed by atoms with E-state index >= 15 is 0 Å². The van der Waals surface area contributed by atoms with Crippen LogP contribution in [0.3, 0.4) is 0 Å². The highest BCUT2D eigenvalue weighted by Gasteiger charge is 2.21. The molecule has 1 aliphatic rings. The quantitative estimate of drug-likeness (QED) is 0.531. The molecule has 2 amide bonds. The first-order valence-electron chi connectivity index (χ1n) is 9.89. The van der Waals surface area contributed by atoms with Crippen LogP contribution in [0, 0.1) is 11.6 Å². The highest BCUT2D eigenvalue weighted by molar-refractivity contribution is 5.92. The molecule has 1 heterocycles. The Hall–Kier alpha value is -2.14. The molecule has 0 saturated carbocycles. The lowest BCUT2D eigenvalue weighted by atomic mass is 10.3. The number of nitrogens with one attached hydrogen (secondary N) is 1. The fraction of sp³-hybridized carbons (Fsp3) is 0.600. The topological polar surface area (TPSA) is 80.3 Å². The van der Waals surface area contributed by atoms with Crippen molar-refractivity contribution in [3.63, 3.8) is 0 Å². The summed E-state index contributed by atoms with van der Waals surface area (Å²) >= 11 is 0. The first-order chi connectivity index (χ1) is 14.5. The summed E-state index contributed by atoms with van der Waals surface area (Å²) in [7, 11) is 1.60. The summed E-state index contributed by atoms with van der Waals surface area (Å²) in [6.45, 7) is 3.98. The van der Waals surface area contributed by atoms with E-state index in [9.17, 15) is 18.4 Å². The van der Waals surface area contributed by atoms with Crippen LogP contribution in [0.5, 0.6) is 0 Å². The summed E-state index contributed by atoms with van der Waals surface area (Å²) in [4.78, 5) is 28.1. The summed E-state index contributed by atoms with van der Waals surface area (Å²) in [5.41, 5.74) is -0.0589. The van der Waals surface area contributed by atoms with Crippen molar-refractivity contribution in [2.75, 3.05) is 78.2 Å². The number of hydrogen-bond donors (Lipinski definition) is 1. The number of carbonyl (C=O) groups is 2. The lowest BCUT2D eigenvalue weighted by Gasteiger charge is -2.21. The molecule has 0 aromatic heterocycles. The summed E-state index contributed by atoms with van der Waals surface area (Å²) < 4.78 is 42.1. The van der Waals surface area contributed by atoms with Crippen LogP contribution in [0.1, 0.15) is 6.42 Å². The second-order valence-corrected chi connectivity index (χ2v) is 6.84. The molecule has 0 aliphatic carbocycles. The van der Waals surface area contributed by atoms with Gasteiger partial charge in [-0.15, -0.1) is 0 Å². The van der Waals surface area contributed by atoms with Gasteiger partial charge in [0.1, 0.15) is 18.2 Å². The number of ether oxygens (including phenoxy) is 3. The number of nitrogens with zero attached hydrogens (tertiary/aromatic N) is 2. The maximum Gasteiger partial charge on any atom is 0.248 e. The molecule has 2 rings (SSSR count). The molecule has 1 aromatic carbocycles. The van der Waals surface area contributed by atoms with Crippen molar-refractivity contribution in [1.82, 2.24) is 9.80 Å². The van der Waals surface area contributed by atoms with Gasteiger partial charge in [-0.25, -0.2) is 8.78 Å². The Kier molecular flexibility index (Phi) is 10.6. The number of hydrogen-bond acceptors (Lipinski definition) is 6. The number of carbonyl (C=O) groups excluding carboxylic acids is 2. The van der Waals surface area contributed by atoms with Crippen LogP contribution >= 0.6 is 0 Å². The summed E-state index contributed by atoms with van der Waals surface area (Å²) in [6, 6.07) is 2.99. The Labute approximate surface area is 175 Å². The van der Waals surface area contributed by atoms with E-state index in [-0.39, 0.29) is 24.7 Å². The van der Waals surface area contributed by atoms with Crippen molar-refractivity contribution in [3.8, 4) is 0 Å². The Morgan fingerprint density at radius 3 is 2.57 bits per heavy atom. The maximum atomic E-state index is 13.7. The second-order valence-electron chi connectivity index (χ2n) is 6.84. The van der Waals surface area contributed by atoms with Gasteiger partial charge in [0.2, 0.25) is 11.8 Å². The van der Waals surface area contributed by atoms with Gasteiger partial charge in [0.25, 0.3) is 0 Å². The Morgan fingerprint density at radius 1 is 1.03 bits per heavy atom. The molecular formula is C20H29F2N3O5. The molecule has 1 aliphatic heterocycles. The highest BCUT2D eigenvalue weighted by Crippen LogP contribution is 2.15. The largest absolute Gasteiger partial charge is 0.382 e. The van der Waals surface area contributed by atoms with Crippen LogP contribution in [0.4, 0.5) is 14.5 Å². The number of methoxy groups -OCH3 is 1. The van der Waals surface area contributed by atoms with Crippen LogP contribution in [-0.2, 0) is 23.8 Å². The van der Waals surface area contributed by atoms with Gasteiger partial charge >= 0.3 is 0 Å². The predicted octanol–water partition coefficient (Wildman–Crippen LogP) is 1.12. The van der Waals surface area contributed by atoms with E-state index in [0.29, 0.717) is 59.0 Å². The monoisotopic (exact) mass is 429 g/mol.